The summed E-state index contributed by atoms with van der Waals surface area (Å²) in [6.07, 6.45) is 5.66. The Labute approximate surface area is 118 Å². The molecule has 1 aromatic carbocycles. The third kappa shape index (κ3) is 2.22. The van der Waals surface area contributed by atoms with E-state index in [1.807, 2.05) is 35.0 Å². The van der Waals surface area contributed by atoms with Crippen LogP contribution in [0, 0.1) is 11.3 Å². The molecule has 104 valence electrons. The van der Waals surface area contributed by atoms with Crippen LogP contribution in [0.1, 0.15) is 31.5 Å². The normalized spacial score (nSPS) is 20.0. The van der Waals surface area contributed by atoms with Gasteiger partial charge in [0.15, 0.2) is 5.82 Å². The molecular weight excluding hydrogens is 250 g/mol. The molecule has 0 aliphatic heterocycles. The van der Waals surface area contributed by atoms with Gasteiger partial charge in [0.25, 0.3) is 0 Å². The second-order valence-electron chi connectivity index (χ2n) is 6.08. The minimum Gasteiger partial charge on any atom is -0.309 e. The number of para-hydroxylation sites is 1. The van der Waals surface area contributed by atoms with Gasteiger partial charge in [-0.05, 0) is 59.6 Å². The van der Waals surface area contributed by atoms with Gasteiger partial charge in [0.2, 0.25) is 0 Å². The van der Waals surface area contributed by atoms with Crippen LogP contribution in [0.3, 0.4) is 0 Å². The molecule has 0 spiro atoms. The van der Waals surface area contributed by atoms with Gasteiger partial charge >= 0.3 is 0 Å². The predicted molar refractivity (Wildman–Crippen MR) is 75.3 cm³/mol. The molecule has 5 nitrogen and oxygen atoms in total. The Morgan fingerprint density at radius 2 is 2.00 bits per heavy atom. The summed E-state index contributed by atoms with van der Waals surface area (Å²) in [6.45, 7) is 1.84. The summed E-state index contributed by atoms with van der Waals surface area (Å²) >= 11 is 0. The van der Waals surface area contributed by atoms with Crippen molar-refractivity contribution < 1.29 is 0 Å². The zero-order chi connectivity index (χ0) is 13.4. The van der Waals surface area contributed by atoms with Crippen LogP contribution in [0.2, 0.25) is 0 Å². The van der Waals surface area contributed by atoms with E-state index < -0.39 is 0 Å². The lowest BCUT2D eigenvalue weighted by molar-refractivity contribution is 0.400. The van der Waals surface area contributed by atoms with Crippen LogP contribution in [0.25, 0.3) is 5.69 Å². The summed E-state index contributed by atoms with van der Waals surface area (Å²) in [4.78, 5) is 0. The summed E-state index contributed by atoms with van der Waals surface area (Å²) in [5, 5.41) is 15.6. The molecule has 0 saturated heterocycles. The number of nitrogens with zero attached hydrogens (tertiary/aromatic N) is 4. The highest BCUT2D eigenvalue weighted by molar-refractivity contribution is 5.30. The number of benzene rings is 1. The van der Waals surface area contributed by atoms with Crippen molar-refractivity contribution in [3.05, 3.63) is 36.2 Å². The van der Waals surface area contributed by atoms with E-state index in [0.29, 0.717) is 5.41 Å². The molecule has 2 aromatic rings. The topological polar surface area (TPSA) is 55.6 Å². The fourth-order valence-electron chi connectivity index (χ4n) is 3.09. The van der Waals surface area contributed by atoms with E-state index in [4.69, 9.17) is 0 Å². The highest BCUT2D eigenvalue weighted by atomic mass is 15.5. The van der Waals surface area contributed by atoms with Gasteiger partial charge < -0.3 is 5.32 Å². The van der Waals surface area contributed by atoms with E-state index in [1.54, 1.807) is 0 Å². The van der Waals surface area contributed by atoms with E-state index >= 15 is 0 Å². The fraction of sp³-hybridized carbons (Fsp3) is 0.533. The standard InChI is InChI=1S/C15H19N5/c1-2-4-13(5-3-1)20-14(17-18-19-20)10-16-11-15(8-9-15)12-6-7-12/h1-5,12,16H,6-11H2. The summed E-state index contributed by atoms with van der Waals surface area (Å²) in [6, 6.07) is 10.0. The van der Waals surface area contributed by atoms with Gasteiger partial charge in [-0.15, -0.1) is 5.10 Å². The van der Waals surface area contributed by atoms with E-state index in [1.165, 1.54) is 25.7 Å². The zero-order valence-corrected chi connectivity index (χ0v) is 11.5. The van der Waals surface area contributed by atoms with E-state index in [-0.39, 0.29) is 0 Å². The van der Waals surface area contributed by atoms with Crippen LogP contribution in [0.4, 0.5) is 0 Å². The minimum atomic E-state index is 0.616. The number of aromatic nitrogens is 4. The van der Waals surface area contributed by atoms with Crippen LogP contribution in [-0.2, 0) is 6.54 Å². The number of rotatable bonds is 6. The Balaban J connectivity index is 1.41. The lowest BCUT2D eigenvalue weighted by atomic mass is 10.0. The maximum Gasteiger partial charge on any atom is 0.170 e. The molecule has 20 heavy (non-hydrogen) atoms. The molecule has 2 fully saturated rings. The second-order valence-corrected chi connectivity index (χ2v) is 6.08. The Morgan fingerprint density at radius 3 is 2.70 bits per heavy atom. The summed E-state index contributed by atoms with van der Waals surface area (Å²) in [5.41, 5.74) is 1.63. The first kappa shape index (κ1) is 12.0. The van der Waals surface area contributed by atoms with Crippen LogP contribution in [0.15, 0.2) is 30.3 Å². The third-order valence-electron chi connectivity index (χ3n) is 4.63. The number of hydrogen-bond acceptors (Lipinski definition) is 4. The van der Waals surface area contributed by atoms with E-state index in [0.717, 1.165) is 30.5 Å². The van der Waals surface area contributed by atoms with Crippen molar-refractivity contribution in [2.75, 3.05) is 6.54 Å². The largest absolute Gasteiger partial charge is 0.309 e. The smallest absolute Gasteiger partial charge is 0.170 e. The summed E-state index contributed by atoms with van der Waals surface area (Å²) < 4.78 is 1.81. The first-order valence-electron chi connectivity index (χ1n) is 7.41. The fourth-order valence-corrected chi connectivity index (χ4v) is 3.09. The molecule has 2 aliphatic rings. The third-order valence-corrected chi connectivity index (χ3v) is 4.63. The second kappa shape index (κ2) is 4.66. The molecule has 1 heterocycles. The zero-order valence-electron chi connectivity index (χ0n) is 11.5. The Hall–Kier alpha value is -1.75. The van der Waals surface area contributed by atoms with Gasteiger partial charge in [0.1, 0.15) is 0 Å². The molecule has 2 saturated carbocycles. The maximum absolute atomic E-state index is 4.13. The first-order valence-corrected chi connectivity index (χ1v) is 7.41. The number of nitrogens with one attached hydrogen (secondary N) is 1. The van der Waals surface area contributed by atoms with Gasteiger partial charge in [-0.1, -0.05) is 18.2 Å². The molecule has 0 unspecified atom stereocenters. The van der Waals surface area contributed by atoms with Crippen molar-refractivity contribution in [2.24, 2.45) is 11.3 Å². The average Bonchev–Trinajstić information content (AvgIpc) is 3.38. The minimum absolute atomic E-state index is 0.616. The highest BCUT2D eigenvalue weighted by Crippen LogP contribution is 2.60. The average molecular weight is 269 g/mol. The molecule has 5 heteroatoms. The predicted octanol–water partition coefficient (Wildman–Crippen LogP) is 1.94. The summed E-state index contributed by atoms with van der Waals surface area (Å²) in [7, 11) is 0. The van der Waals surface area contributed by atoms with Gasteiger partial charge in [0, 0.05) is 6.54 Å². The highest BCUT2D eigenvalue weighted by Gasteiger charge is 2.53. The summed E-state index contributed by atoms with van der Waals surface area (Å²) in [5.74, 6) is 1.86. The van der Waals surface area contributed by atoms with Gasteiger partial charge in [0.05, 0.1) is 12.2 Å². The molecule has 0 atom stereocenters. The van der Waals surface area contributed by atoms with E-state index in [2.05, 4.69) is 20.8 Å². The number of hydrogen-bond donors (Lipinski definition) is 1. The molecule has 1 aromatic heterocycles. The Morgan fingerprint density at radius 1 is 1.20 bits per heavy atom. The Kier molecular flexibility index (Phi) is 2.80. The monoisotopic (exact) mass is 269 g/mol. The van der Waals surface area contributed by atoms with Crippen LogP contribution >= 0.6 is 0 Å². The van der Waals surface area contributed by atoms with Crippen molar-refractivity contribution in [3.8, 4) is 5.69 Å². The Bertz CT molecular complexity index is 583. The molecule has 4 rings (SSSR count). The van der Waals surface area contributed by atoms with Crippen LogP contribution in [0.5, 0.6) is 0 Å². The van der Waals surface area contributed by atoms with Crippen molar-refractivity contribution >= 4 is 0 Å². The van der Waals surface area contributed by atoms with Gasteiger partial charge in [-0.2, -0.15) is 4.68 Å². The first-order chi connectivity index (χ1) is 9.87. The molecule has 0 amide bonds. The van der Waals surface area contributed by atoms with Gasteiger partial charge in [-0.3, -0.25) is 0 Å². The van der Waals surface area contributed by atoms with E-state index in [9.17, 15) is 0 Å². The quantitative estimate of drug-likeness (QED) is 0.870. The van der Waals surface area contributed by atoms with Gasteiger partial charge in [-0.25, -0.2) is 0 Å². The molecule has 2 aliphatic carbocycles. The van der Waals surface area contributed by atoms with Crippen LogP contribution < -0.4 is 5.32 Å². The molecule has 1 N–H and O–H groups in total. The SMILES string of the molecule is c1ccc(-n2nnnc2CNCC2(C3CC3)CC2)cc1. The molecule has 0 bridgehead atoms. The maximum atomic E-state index is 4.13. The van der Waals surface area contributed by atoms with Crippen molar-refractivity contribution in [1.29, 1.82) is 0 Å². The van der Waals surface area contributed by atoms with Crippen molar-refractivity contribution in [2.45, 2.75) is 32.2 Å². The van der Waals surface area contributed by atoms with Crippen LogP contribution in [-0.4, -0.2) is 26.8 Å². The van der Waals surface area contributed by atoms with Crippen molar-refractivity contribution in [3.63, 3.8) is 0 Å². The molecular formula is C15H19N5. The lowest BCUT2D eigenvalue weighted by Crippen LogP contribution is -2.26. The lowest BCUT2D eigenvalue weighted by Gasteiger charge is -2.14. The van der Waals surface area contributed by atoms with Crippen molar-refractivity contribution in [1.82, 2.24) is 25.5 Å². The molecule has 0 radical (unpaired) electrons. The number of tetrazole rings is 1.